The number of aromatic carboxylic acids is 2. The Hall–Kier alpha value is -3.49. The van der Waals surface area contributed by atoms with Gasteiger partial charge in [-0.15, -0.1) is 0 Å². The second-order valence-electron chi connectivity index (χ2n) is 6.97. The van der Waals surface area contributed by atoms with Gasteiger partial charge in [0.15, 0.2) is 0 Å². The summed E-state index contributed by atoms with van der Waals surface area (Å²) in [5, 5.41) is 17.5. The van der Waals surface area contributed by atoms with Gasteiger partial charge in [-0.1, -0.05) is 0 Å². The van der Waals surface area contributed by atoms with Crippen molar-refractivity contribution in [3.63, 3.8) is 0 Å². The third-order valence-corrected chi connectivity index (χ3v) is 4.30. The molecule has 0 saturated heterocycles. The summed E-state index contributed by atoms with van der Waals surface area (Å²) in [6, 6.07) is -0.0424. The number of hydrogen-bond donors (Lipinski definition) is 2. The summed E-state index contributed by atoms with van der Waals surface area (Å²) < 4.78 is 227. The zero-order valence-corrected chi connectivity index (χ0v) is 17.3. The Kier molecular flexibility index (Phi) is 8.26. The van der Waals surface area contributed by atoms with E-state index in [4.69, 9.17) is 10.2 Å². The Morgan fingerprint density at radius 2 is 0.923 bits per heavy atom. The molecule has 0 unspecified atom stereocenters. The van der Waals surface area contributed by atoms with E-state index < -0.39 is 82.4 Å². The molecule has 0 aromatic heterocycles. The first-order valence-electron chi connectivity index (χ1n) is 8.71. The van der Waals surface area contributed by atoms with E-state index in [1.807, 2.05) is 0 Å². The van der Waals surface area contributed by atoms with Gasteiger partial charge < -0.3 is 14.9 Å². The van der Waals surface area contributed by atoms with E-state index in [9.17, 15) is 84.2 Å². The average Bonchev–Trinajstić information content (AvgIpc) is 2.75. The first kappa shape index (κ1) is 33.5. The number of halogens is 17. The summed E-state index contributed by atoms with van der Waals surface area (Å²) in [4.78, 5) is 21.7. The van der Waals surface area contributed by atoms with Gasteiger partial charge in [0.2, 0.25) is 11.7 Å². The second-order valence-corrected chi connectivity index (χ2v) is 6.97. The Morgan fingerprint density at radius 1 is 0.564 bits per heavy atom. The van der Waals surface area contributed by atoms with E-state index in [0.29, 0.717) is 0 Å². The summed E-state index contributed by atoms with van der Waals surface area (Å²) in [5.41, 5.74) is -2.57. The molecule has 0 aliphatic heterocycles. The third-order valence-electron chi connectivity index (χ3n) is 4.30. The van der Waals surface area contributed by atoms with Gasteiger partial charge in [-0.05, 0) is 18.2 Å². The Morgan fingerprint density at radius 3 is 1.26 bits per heavy atom. The molecule has 22 heteroatoms. The van der Waals surface area contributed by atoms with Crippen molar-refractivity contribution >= 4 is 11.9 Å². The maximum absolute atomic E-state index is 13.8. The van der Waals surface area contributed by atoms with Crippen LogP contribution in [0.3, 0.4) is 0 Å². The van der Waals surface area contributed by atoms with E-state index >= 15 is 0 Å². The Labute approximate surface area is 201 Å². The monoisotopic (exact) mass is 612 g/mol. The summed E-state index contributed by atoms with van der Waals surface area (Å²) >= 11 is 0. The minimum absolute atomic E-state index is 0.130. The van der Waals surface area contributed by atoms with Crippen LogP contribution in [0.25, 0.3) is 0 Å². The average molecular weight is 612 g/mol. The summed E-state index contributed by atoms with van der Waals surface area (Å²) in [6.45, 7) is 0. The predicted octanol–water partition coefficient (Wildman–Crippen LogP) is 6.94. The number of carboxylic acids is 2. The number of hydrogen-bond acceptors (Lipinski definition) is 3. The zero-order valence-electron chi connectivity index (χ0n) is 17.3. The highest BCUT2D eigenvalue weighted by molar-refractivity contribution is 5.94. The van der Waals surface area contributed by atoms with Crippen LogP contribution in [0, 0.1) is 0 Å². The molecule has 0 heterocycles. The SMILES string of the molecule is O=C(O)c1cc(OC(F)(F)/C(F)=C(\F)C(F)(F)C(F)(F)C(F)(F)C(F)(F)C(F)(F)C(F)(F)F)cc(C(=O)O)c1. The number of carboxylic acid groups (broad SMARTS) is 2. The molecule has 39 heavy (non-hydrogen) atoms. The van der Waals surface area contributed by atoms with Crippen molar-refractivity contribution in [2.45, 2.75) is 41.9 Å². The highest BCUT2D eigenvalue weighted by Crippen LogP contribution is 2.61. The van der Waals surface area contributed by atoms with E-state index in [2.05, 4.69) is 4.74 Å². The molecular weight excluding hydrogens is 607 g/mol. The molecule has 222 valence electrons. The number of allylic oxidation sites excluding steroid dienone is 1. The standard InChI is InChI=1S/C17H5F17O5/c18-7(8(19)12(22,23)39-6-2-4(9(35)36)1-5(3-6)10(37)38)11(20,21)13(24,25)14(26,27)15(28,29)16(30,31)17(32,33)34/h1-3H,(H,35,36)(H,37,38)/b8-7+. The molecule has 1 aromatic carbocycles. The third kappa shape index (κ3) is 5.36. The van der Waals surface area contributed by atoms with Gasteiger partial charge >= 0.3 is 53.8 Å². The molecule has 0 radical (unpaired) electrons. The van der Waals surface area contributed by atoms with Crippen LogP contribution in [0.4, 0.5) is 74.6 Å². The van der Waals surface area contributed by atoms with Crippen LogP contribution >= 0.6 is 0 Å². The number of ether oxygens (including phenoxy) is 1. The maximum Gasteiger partial charge on any atom is 0.460 e. The smallest absolute Gasteiger partial charge is 0.460 e. The van der Waals surface area contributed by atoms with Crippen LogP contribution in [-0.2, 0) is 0 Å². The summed E-state index contributed by atoms with van der Waals surface area (Å²) in [5.74, 6) is -57.9. The summed E-state index contributed by atoms with van der Waals surface area (Å²) in [7, 11) is 0. The van der Waals surface area contributed by atoms with Crippen LogP contribution in [-0.4, -0.2) is 64.0 Å². The van der Waals surface area contributed by atoms with Gasteiger partial charge in [-0.25, -0.2) is 14.0 Å². The van der Waals surface area contributed by atoms with E-state index in [0.717, 1.165) is 0 Å². The van der Waals surface area contributed by atoms with Crippen LogP contribution in [0.5, 0.6) is 5.75 Å². The fourth-order valence-electron chi connectivity index (χ4n) is 2.27. The van der Waals surface area contributed by atoms with Crippen molar-refractivity contribution in [1.82, 2.24) is 0 Å². The van der Waals surface area contributed by atoms with Gasteiger partial charge in [0.1, 0.15) is 5.75 Å². The molecule has 1 aromatic rings. The maximum atomic E-state index is 13.8. The fraction of sp³-hybridized carbons (Fsp3) is 0.412. The lowest BCUT2D eigenvalue weighted by atomic mass is 9.93. The molecule has 0 fully saturated rings. The van der Waals surface area contributed by atoms with Gasteiger partial charge in [-0.3, -0.25) is 0 Å². The highest BCUT2D eigenvalue weighted by Gasteiger charge is 2.91. The van der Waals surface area contributed by atoms with Crippen molar-refractivity contribution in [3.05, 3.63) is 41.0 Å². The van der Waals surface area contributed by atoms with Gasteiger partial charge in [0, 0.05) is 0 Å². The topological polar surface area (TPSA) is 83.8 Å². The van der Waals surface area contributed by atoms with E-state index in [1.54, 1.807) is 0 Å². The minimum Gasteiger partial charge on any atom is -0.478 e. The highest BCUT2D eigenvalue weighted by atomic mass is 19.4. The number of rotatable bonds is 10. The van der Waals surface area contributed by atoms with Crippen molar-refractivity contribution in [3.8, 4) is 5.75 Å². The van der Waals surface area contributed by atoms with E-state index in [1.165, 1.54) is 0 Å². The molecule has 0 spiro atoms. The molecule has 0 saturated carbocycles. The van der Waals surface area contributed by atoms with Crippen molar-refractivity contribution in [2.24, 2.45) is 0 Å². The van der Waals surface area contributed by atoms with Crippen LogP contribution in [0.1, 0.15) is 20.7 Å². The lowest BCUT2D eigenvalue weighted by Gasteiger charge is -2.39. The van der Waals surface area contributed by atoms with Gasteiger partial charge in [-0.2, -0.15) is 70.2 Å². The van der Waals surface area contributed by atoms with Crippen LogP contribution in [0.15, 0.2) is 29.9 Å². The van der Waals surface area contributed by atoms with E-state index in [-0.39, 0.29) is 18.2 Å². The molecule has 2 N–H and O–H groups in total. The van der Waals surface area contributed by atoms with Gasteiger partial charge in [0.25, 0.3) is 0 Å². The molecule has 0 aliphatic rings. The molecule has 0 atom stereocenters. The Balaban J connectivity index is 3.68. The molecular formula is C17H5F17O5. The predicted molar refractivity (Wildman–Crippen MR) is 86.0 cm³/mol. The molecule has 0 bridgehead atoms. The van der Waals surface area contributed by atoms with Crippen molar-refractivity contribution in [2.75, 3.05) is 0 Å². The molecule has 0 aliphatic carbocycles. The first-order chi connectivity index (χ1) is 17.0. The molecule has 1 rings (SSSR count). The number of benzene rings is 1. The molecule has 0 amide bonds. The number of alkyl halides is 15. The molecule has 5 nitrogen and oxygen atoms in total. The van der Waals surface area contributed by atoms with Gasteiger partial charge in [0.05, 0.1) is 11.1 Å². The zero-order chi connectivity index (χ0) is 31.4. The lowest BCUT2D eigenvalue weighted by molar-refractivity contribution is -0.437. The minimum atomic E-state index is -8.64. The van der Waals surface area contributed by atoms with Crippen molar-refractivity contribution in [1.29, 1.82) is 0 Å². The second kappa shape index (κ2) is 9.61. The van der Waals surface area contributed by atoms with Crippen molar-refractivity contribution < 1.29 is 99.2 Å². The number of carbonyl (C=O) groups is 2. The normalized spacial score (nSPS) is 15.1. The Bertz CT molecular complexity index is 1140. The van der Waals surface area contributed by atoms with Crippen LogP contribution < -0.4 is 4.74 Å². The van der Waals surface area contributed by atoms with Crippen LogP contribution in [0.2, 0.25) is 0 Å². The quantitative estimate of drug-likeness (QED) is 0.280. The lowest BCUT2D eigenvalue weighted by Crippen LogP contribution is -2.70. The largest absolute Gasteiger partial charge is 0.478 e. The first-order valence-corrected chi connectivity index (χ1v) is 8.71. The fourth-order valence-corrected chi connectivity index (χ4v) is 2.27. The summed E-state index contributed by atoms with van der Waals surface area (Å²) in [6.07, 6.45) is -14.3.